The number of piperidine rings is 1. The molecule has 0 spiro atoms. The third-order valence-electron chi connectivity index (χ3n) is 4.76. The fourth-order valence-electron chi connectivity index (χ4n) is 3.82. The molecule has 17 heavy (non-hydrogen) atoms. The van der Waals surface area contributed by atoms with Crippen molar-refractivity contribution in [3.05, 3.63) is 0 Å². The van der Waals surface area contributed by atoms with Gasteiger partial charge in [0.1, 0.15) is 0 Å². The molecular formula is C15H30N2. The number of nitrogens with zero attached hydrogens (tertiary/aromatic N) is 1. The standard InChI is InChI=1S/C15H30N2/c16-11-4-2-1-3-5-12-17-13-7-9-14-8-6-10-15(14)17/h14-15H,1-13,16H2. The largest absolute Gasteiger partial charge is 0.330 e. The quantitative estimate of drug-likeness (QED) is 0.690. The van der Waals surface area contributed by atoms with Crippen molar-refractivity contribution < 1.29 is 0 Å². The van der Waals surface area contributed by atoms with Crippen LogP contribution in [0.15, 0.2) is 0 Å². The summed E-state index contributed by atoms with van der Waals surface area (Å²) in [6, 6.07) is 0.966. The van der Waals surface area contributed by atoms with E-state index < -0.39 is 0 Å². The topological polar surface area (TPSA) is 29.3 Å². The second kappa shape index (κ2) is 7.38. The minimum Gasteiger partial charge on any atom is -0.330 e. The Balaban J connectivity index is 1.58. The molecular weight excluding hydrogens is 208 g/mol. The number of hydrogen-bond acceptors (Lipinski definition) is 2. The second-order valence-corrected chi connectivity index (χ2v) is 5.99. The van der Waals surface area contributed by atoms with Crippen molar-refractivity contribution in [1.29, 1.82) is 0 Å². The number of rotatable bonds is 7. The Morgan fingerprint density at radius 3 is 2.53 bits per heavy atom. The maximum absolute atomic E-state index is 5.51. The zero-order chi connectivity index (χ0) is 11.9. The molecule has 1 saturated heterocycles. The van der Waals surface area contributed by atoms with E-state index in [1.807, 2.05) is 0 Å². The van der Waals surface area contributed by atoms with Crippen LogP contribution in [-0.4, -0.2) is 30.6 Å². The molecule has 2 fully saturated rings. The van der Waals surface area contributed by atoms with Crippen LogP contribution in [0.1, 0.15) is 64.2 Å². The summed E-state index contributed by atoms with van der Waals surface area (Å²) < 4.78 is 0. The van der Waals surface area contributed by atoms with Crippen LogP contribution in [-0.2, 0) is 0 Å². The molecule has 0 aromatic heterocycles. The average Bonchev–Trinajstić information content (AvgIpc) is 2.82. The van der Waals surface area contributed by atoms with Gasteiger partial charge in [-0.15, -0.1) is 0 Å². The van der Waals surface area contributed by atoms with Crippen molar-refractivity contribution in [2.45, 2.75) is 70.3 Å². The molecule has 2 nitrogen and oxygen atoms in total. The van der Waals surface area contributed by atoms with Gasteiger partial charge in [-0.3, -0.25) is 0 Å². The van der Waals surface area contributed by atoms with E-state index in [2.05, 4.69) is 4.90 Å². The summed E-state index contributed by atoms with van der Waals surface area (Å²) in [7, 11) is 0. The Labute approximate surface area is 107 Å². The van der Waals surface area contributed by atoms with Gasteiger partial charge in [0.15, 0.2) is 0 Å². The molecule has 1 saturated carbocycles. The van der Waals surface area contributed by atoms with E-state index in [9.17, 15) is 0 Å². The predicted octanol–water partition coefficient (Wildman–Crippen LogP) is 3.16. The Kier molecular flexibility index (Phi) is 5.79. The van der Waals surface area contributed by atoms with Gasteiger partial charge in [-0.1, -0.05) is 25.7 Å². The molecule has 0 radical (unpaired) electrons. The molecule has 2 aliphatic rings. The summed E-state index contributed by atoms with van der Waals surface area (Å²) in [6.45, 7) is 3.61. The van der Waals surface area contributed by atoms with Gasteiger partial charge in [-0.25, -0.2) is 0 Å². The third kappa shape index (κ3) is 3.96. The first-order valence-electron chi connectivity index (χ1n) is 7.86. The predicted molar refractivity (Wildman–Crippen MR) is 74.1 cm³/mol. The Morgan fingerprint density at radius 1 is 0.882 bits per heavy atom. The van der Waals surface area contributed by atoms with E-state index >= 15 is 0 Å². The highest BCUT2D eigenvalue weighted by molar-refractivity contribution is 4.88. The van der Waals surface area contributed by atoms with Crippen LogP contribution < -0.4 is 5.73 Å². The lowest BCUT2D eigenvalue weighted by atomic mass is 9.92. The second-order valence-electron chi connectivity index (χ2n) is 5.99. The van der Waals surface area contributed by atoms with Gasteiger partial charge in [0.2, 0.25) is 0 Å². The fraction of sp³-hybridized carbons (Fsp3) is 1.00. The van der Waals surface area contributed by atoms with E-state index in [0.717, 1.165) is 18.5 Å². The van der Waals surface area contributed by atoms with E-state index in [-0.39, 0.29) is 0 Å². The maximum Gasteiger partial charge on any atom is 0.0123 e. The van der Waals surface area contributed by atoms with Crippen LogP contribution >= 0.6 is 0 Å². The molecule has 2 rings (SSSR count). The molecule has 1 aliphatic heterocycles. The number of hydrogen-bond donors (Lipinski definition) is 1. The van der Waals surface area contributed by atoms with E-state index in [1.54, 1.807) is 0 Å². The highest BCUT2D eigenvalue weighted by atomic mass is 15.2. The number of unbranched alkanes of at least 4 members (excludes halogenated alkanes) is 4. The van der Waals surface area contributed by atoms with Crippen molar-refractivity contribution in [3.63, 3.8) is 0 Å². The number of nitrogens with two attached hydrogens (primary N) is 1. The monoisotopic (exact) mass is 238 g/mol. The molecule has 0 aromatic carbocycles. The van der Waals surface area contributed by atoms with E-state index in [0.29, 0.717) is 0 Å². The molecule has 0 aromatic rings. The molecule has 2 unspecified atom stereocenters. The minimum absolute atomic E-state index is 0.871. The van der Waals surface area contributed by atoms with Crippen molar-refractivity contribution in [1.82, 2.24) is 4.90 Å². The van der Waals surface area contributed by atoms with Crippen LogP contribution in [0.5, 0.6) is 0 Å². The lowest BCUT2D eigenvalue weighted by Gasteiger charge is -2.37. The highest BCUT2D eigenvalue weighted by Gasteiger charge is 2.34. The van der Waals surface area contributed by atoms with E-state index in [1.165, 1.54) is 77.3 Å². The summed E-state index contributed by atoms with van der Waals surface area (Å²) in [4.78, 5) is 2.81. The molecule has 2 N–H and O–H groups in total. The van der Waals surface area contributed by atoms with Crippen LogP contribution in [0, 0.1) is 5.92 Å². The van der Waals surface area contributed by atoms with Gasteiger partial charge < -0.3 is 10.6 Å². The van der Waals surface area contributed by atoms with Crippen LogP contribution in [0.4, 0.5) is 0 Å². The first-order valence-corrected chi connectivity index (χ1v) is 7.86. The minimum atomic E-state index is 0.871. The first-order chi connectivity index (χ1) is 8.42. The molecule has 2 atom stereocenters. The van der Waals surface area contributed by atoms with Crippen LogP contribution in [0.3, 0.4) is 0 Å². The zero-order valence-electron chi connectivity index (χ0n) is 11.4. The molecule has 0 amide bonds. The van der Waals surface area contributed by atoms with Gasteiger partial charge in [0, 0.05) is 6.04 Å². The normalized spacial score (nSPS) is 29.5. The molecule has 2 heteroatoms. The summed E-state index contributed by atoms with van der Waals surface area (Å²) in [5.41, 5.74) is 5.51. The number of likely N-dealkylation sites (tertiary alicyclic amines) is 1. The molecule has 1 aliphatic carbocycles. The SMILES string of the molecule is NCCCCCCCN1CCCC2CCCC21. The van der Waals surface area contributed by atoms with Crippen molar-refractivity contribution in [2.75, 3.05) is 19.6 Å². The summed E-state index contributed by atoms with van der Waals surface area (Å²) >= 11 is 0. The summed E-state index contributed by atoms with van der Waals surface area (Å²) in [6.07, 6.45) is 14.2. The lowest BCUT2D eigenvalue weighted by molar-refractivity contribution is 0.111. The van der Waals surface area contributed by atoms with Gasteiger partial charge in [-0.2, -0.15) is 0 Å². The average molecular weight is 238 g/mol. The summed E-state index contributed by atoms with van der Waals surface area (Å²) in [5, 5.41) is 0. The Hall–Kier alpha value is -0.0800. The first kappa shape index (κ1) is 13.4. The third-order valence-corrected chi connectivity index (χ3v) is 4.76. The maximum atomic E-state index is 5.51. The Morgan fingerprint density at radius 2 is 1.65 bits per heavy atom. The molecule has 100 valence electrons. The molecule has 1 heterocycles. The fourth-order valence-corrected chi connectivity index (χ4v) is 3.82. The Bertz CT molecular complexity index is 205. The smallest absolute Gasteiger partial charge is 0.0123 e. The van der Waals surface area contributed by atoms with Crippen molar-refractivity contribution >= 4 is 0 Å². The molecule has 0 bridgehead atoms. The number of fused-ring (bicyclic) bond motifs is 1. The lowest BCUT2D eigenvalue weighted by Crippen LogP contribution is -2.42. The van der Waals surface area contributed by atoms with Crippen molar-refractivity contribution in [2.24, 2.45) is 11.7 Å². The van der Waals surface area contributed by atoms with Gasteiger partial charge in [0.05, 0.1) is 0 Å². The van der Waals surface area contributed by atoms with Crippen LogP contribution in [0.2, 0.25) is 0 Å². The van der Waals surface area contributed by atoms with Crippen LogP contribution in [0.25, 0.3) is 0 Å². The van der Waals surface area contributed by atoms with Gasteiger partial charge in [-0.05, 0) is 64.1 Å². The zero-order valence-corrected chi connectivity index (χ0v) is 11.4. The van der Waals surface area contributed by atoms with Gasteiger partial charge >= 0.3 is 0 Å². The summed E-state index contributed by atoms with van der Waals surface area (Å²) in [5.74, 6) is 1.06. The van der Waals surface area contributed by atoms with Gasteiger partial charge in [0.25, 0.3) is 0 Å². The van der Waals surface area contributed by atoms with Crippen molar-refractivity contribution in [3.8, 4) is 0 Å². The van der Waals surface area contributed by atoms with E-state index in [4.69, 9.17) is 5.73 Å². The highest BCUT2D eigenvalue weighted by Crippen LogP contribution is 2.36.